The van der Waals surface area contributed by atoms with E-state index in [-0.39, 0.29) is 0 Å². The van der Waals surface area contributed by atoms with Crippen molar-refractivity contribution in [1.29, 1.82) is 0 Å². The lowest BCUT2D eigenvalue weighted by Gasteiger charge is -2.18. The van der Waals surface area contributed by atoms with Gasteiger partial charge in [0.15, 0.2) is 0 Å². The Labute approximate surface area is 128 Å². The van der Waals surface area contributed by atoms with Gasteiger partial charge >= 0.3 is 0 Å². The molecule has 0 atom stereocenters. The molecule has 0 spiro atoms. The van der Waals surface area contributed by atoms with Gasteiger partial charge in [0.05, 0.1) is 0 Å². The van der Waals surface area contributed by atoms with Crippen LogP contribution < -0.4 is 15.1 Å². The first kappa shape index (κ1) is 15.2. The molecule has 0 bridgehead atoms. The lowest BCUT2D eigenvalue weighted by molar-refractivity contribution is 0.968. The van der Waals surface area contributed by atoms with Gasteiger partial charge in [-0.15, -0.1) is 0 Å². The molecule has 0 aliphatic rings. The SMILES string of the molecule is CCN(C)c1ccc(Nc2ccc(N(C)CC)cc2)cc1. The van der Waals surface area contributed by atoms with E-state index in [0.717, 1.165) is 24.5 Å². The quantitative estimate of drug-likeness (QED) is 0.850. The van der Waals surface area contributed by atoms with Gasteiger partial charge in [0.2, 0.25) is 0 Å². The zero-order valence-corrected chi connectivity index (χ0v) is 13.4. The molecule has 2 aromatic rings. The van der Waals surface area contributed by atoms with E-state index in [1.165, 1.54) is 11.4 Å². The van der Waals surface area contributed by atoms with E-state index in [1.54, 1.807) is 0 Å². The highest BCUT2D eigenvalue weighted by Gasteiger charge is 2.00. The zero-order chi connectivity index (χ0) is 15.2. The van der Waals surface area contributed by atoms with Crippen LogP contribution >= 0.6 is 0 Å². The average molecular weight is 283 g/mol. The summed E-state index contributed by atoms with van der Waals surface area (Å²) in [5, 5.41) is 3.44. The molecule has 0 unspecified atom stereocenters. The van der Waals surface area contributed by atoms with Crippen LogP contribution in [-0.2, 0) is 0 Å². The fraction of sp³-hybridized carbons (Fsp3) is 0.333. The van der Waals surface area contributed by atoms with Crippen molar-refractivity contribution >= 4 is 22.7 Å². The monoisotopic (exact) mass is 283 g/mol. The Hall–Kier alpha value is -2.16. The van der Waals surface area contributed by atoms with Gasteiger partial charge in [-0.3, -0.25) is 0 Å². The molecule has 21 heavy (non-hydrogen) atoms. The lowest BCUT2D eigenvalue weighted by Crippen LogP contribution is -2.15. The maximum absolute atomic E-state index is 3.44. The van der Waals surface area contributed by atoms with Gasteiger partial charge in [-0.05, 0) is 62.4 Å². The Kier molecular flexibility index (Phi) is 5.09. The first-order valence-corrected chi connectivity index (χ1v) is 7.53. The van der Waals surface area contributed by atoms with E-state index in [2.05, 4.69) is 91.6 Å². The second-order valence-corrected chi connectivity index (χ2v) is 5.25. The first-order chi connectivity index (χ1) is 10.1. The number of hydrogen-bond acceptors (Lipinski definition) is 3. The fourth-order valence-electron chi connectivity index (χ4n) is 2.13. The van der Waals surface area contributed by atoms with Crippen LogP contribution in [-0.4, -0.2) is 27.2 Å². The minimum absolute atomic E-state index is 1.01. The van der Waals surface area contributed by atoms with Crippen LogP contribution in [0.25, 0.3) is 0 Å². The summed E-state index contributed by atoms with van der Waals surface area (Å²) in [4.78, 5) is 4.44. The summed E-state index contributed by atoms with van der Waals surface area (Å²) < 4.78 is 0. The number of nitrogens with one attached hydrogen (secondary N) is 1. The van der Waals surface area contributed by atoms with E-state index >= 15 is 0 Å². The second-order valence-electron chi connectivity index (χ2n) is 5.25. The highest BCUT2D eigenvalue weighted by atomic mass is 15.1. The van der Waals surface area contributed by atoms with E-state index in [9.17, 15) is 0 Å². The van der Waals surface area contributed by atoms with Crippen molar-refractivity contribution in [3.8, 4) is 0 Å². The maximum Gasteiger partial charge on any atom is 0.0385 e. The summed E-state index contributed by atoms with van der Waals surface area (Å²) in [7, 11) is 4.21. The molecule has 2 aromatic carbocycles. The summed E-state index contributed by atoms with van der Waals surface area (Å²) in [6.45, 7) is 6.33. The normalized spacial score (nSPS) is 10.3. The zero-order valence-electron chi connectivity index (χ0n) is 13.4. The van der Waals surface area contributed by atoms with Crippen molar-refractivity contribution < 1.29 is 0 Å². The Morgan fingerprint density at radius 1 is 0.667 bits per heavy atom. The lowest BCUT2D eigenvalue weighted by atomic mass is 10.2. The number of benzene rings is 2. The second kappa shape index (κ2) is 7.02. The summed E-state index contributed by atoms with van der Waals surface area (Å²) in [6.07, 6.45) is 0. The van der Waals surface area contributed by atoms with Crippen LogP contribution in [0.15, 0.2) is 48.5 Å². The predicted octanol–water partition coefficient (Wildman–Crippen LogP) is 4.34. The van der Waals surface area contributed by atoms with E-state index in [4.69, 9.17) is 0 Å². The number of hydrogen-bond donors (Lipinski definition) is 1. The minimum atomic E-state index is 1.01. The molecule has 0 aliphatic heterocycles. The molecule has 0 saturated heterocycles. The topological polar surface area (TPSA) is 18.5 Å². The molecule has 0 saturated carbocycles. The van der Waals surface area contributed by atoms with Crippen LogP contribution in [0, 0.1) is 0 Å². The van der Waals surface area contributed by atoms with Gasteiger partial charge in [0.25, 0.3) is 0 Å². The van der Waals surface area contributed by atoms with Crippen molar-refractivity contribution in [2.24, 2.45) is 0 Å². The van der Waals surface area contributed by atoms with Crippen LogP contribution in [0.3, 0.4) is 0 Å². The van der Waals surface area contributed by atoms with Crippen molar-refractivity contribution in [2.45, 2.75) is 13.8 Å². The highest BCUT2D eigenvalue weighted by molar-refractivity contribution is 5.64. The van der Waals surface area contributed by atoms with Gasteiger partial charge < -0.3 is 15.1 Å². The summed E-state index contributed by atoms with van der Waals surface area (Å²) in [5.74, 6) is 0. The average Bonchev–Trinajstić information content (AvgIpc) is 2.55. The van der Waals surface area contributed by atoms with Crippen LogP contribution in [0.4, 0.5) is 22.7 Å². The predicted molar refractivity (Wildman–Crippen MR) is 94.1 cm³/mol. The molecular formula is C18H25N3. The first-order valence-electron chi connectivity index (χ1n) is 7.53. The van der Waals surface area contributed by atoms with Gasteiger partial charge in [-0.25, -0.2) is 0 Å². The molecule has 0 heterocycles. The molecule has 3 heteroatoms. The van der Waals surface area contributed by atoms with E-state index in [1.807, 2.05) is 0 Å². The minimum Gasteiger partial charge on any atom is -0.375 e. The van der Waals surface area contributed by atoms with Crippen LogP contribution in [0.2, 0.25) is 0 Å². The number of nitrogens with zero attached hydrogens (tertiary/aromatic N) is 2. The number of anilines is 4. The van der Waals surface area contributed by atoms with Gasteiger partial charge in [0.1, 0.15) is 0 Å². The third-order valence-corrected chi connectivity index (χ3v) is 3.85. The Bertz CT molecular complexity index is 494. The Balaban J connectivity index is 2.04. The van der Waals surface area contributed by atoms with Gasteiger partial charge in [0, 0.05) is 49.9 Å². The molecule has 0 amide bonds. The van der Waals surface area contributed by atoms with Crippen molar-refractivity contribution in [1.82, 2.24) is 0 Å². The molecule has 0 aromatic heterocycles. The molecule has 2 rings (SSSR count). The molecule has 3 nitrogen and oxygen atoms in total. The van der Waals surface area contributed by atoms with E-state index < -0.39 is 0 Å². The van der Waals surface area contributed by atoms with Gasteiger partial charge in [-0.1, -0.05) is 0 Å². The van der Waals surface area contributed by atoms with Crippen LogP contribution in [0.5, 0.6) is 0 Å². The fourth-order valence-corrected chi connectivity index (χ4v) is 2.13. The third-order valence-electron chi connectivity index (χ3n) is 3.85. The summed E-state index contributed by atoms with van der Waals surface area (Å²) in [6, 6.07) is 17.1. The Morgan fingerprint density at radius 2 is 1.00 bits per heavy atom. The molecule has 0 fully saturated rings. The standard InChI is InChI=1S/C18H25N3/c1-5-20(3)17-11-7-15(8-12-17)19-16-9-13-18(14-10-16)21(4)6-2/h7-14,19H,5-6H2,1-4H3. The third kappa shape index (κ3) is 3.91. The summed E-state index contributed by atoms with van der Waals surface area (Å²) in [5.41, 5.74) is 4.70. The molecule has 0 radical (unpaired) electrons. The van der Waals surface area contributed by atoms with Gasteiger partial charge in [-0.2, -0.15) is 0 Å². The highest BCUT2D eigenvalue weighted by Crippen LogP contribution is 2.22. The largest absolute Gasteiger partial charge is 0.375 e. The maximum atomic E-state index is 3.44. The summed E-state index contributed by atoms with van der Waals surface area (Å²) >= 11 is 0. The molecular weight excluding hydrogens is 258 g/mol. The number of rotatable bonds is 6. The molecule has 0 aliphatic carbocycles. The smallest absolute Gasteiger partial charge is 0.0385 e. The Morgan fingerprint density at radius 3 is 1.29 bits per heavy atom. The molecule has 1 N–H and O–H groups in total. The molecule has 112 valence electrons. The van der Waals surface area contributed by atoms with Crippen molar-refractivity contribution in [2.75, 3.05) is 42.3 Å². The van der Waals surface area contributed by atoms with Crippen molar-refractivity contribution in [3.63, 3.8) is 0 Å². The van der Waals surface area contributed by atoms with Crippen molar-refractivity contribution in [3.05, 3.63) is 48.5 Å². The van der Waals surface area contributed by atoms with E-state index in [0.29, 0.717) is 0 Å². The van der Waals surface area contributed by atoms with Crippen LogP contribution in [0.1, 0.15) is 13.8 Å².